The van der Waals surface area contributed by atoms with Crippen LogP contribution in [0, 0.1) is 5.41 Å². The Labute approximate surface area is 116 Å². The first-order chi connectivity index (χ1) is 8.09. The zero-order valence-corrected chi connectivity index (χ0v) is 12.3. The predicted molar refractivity (Wildman–Crippen MR) is 75.7 cm³/mol. The summed E-state index contributed by atoms with van der Waals surface area (Å²) in [4.78, 5) is 12.3. The van der Waals surface area contributed by atoms with Crippen molar-refractivity contribution >= 4 is 18.3 Å². The number of rotatable bonds is 5. The summed E-state index contributed by atoms with van der Waals surface area (Å²) in [6.45, 7) is 4.36. The van der Waals surface area contributed by atoms with E-state index < -0.39 is 11.5 Å². The third-order valence-electron chi connectivity index (χ3n) is 4.27. The maximum Gasteiger partial charge on any atom is 0.227 e. The smallest absolute Gasteiger partial charge is 0.227 e. The number of carbonyl (C=O) groups excluding carboxylic acids is 1. The molecule has 0 aromatic rings. The summed E-state index contributed by atoms with van der Waals surface area (Å²) in [6, 6.07) is -0.0831. The summed E-state index contributed by atoms with van der Waals surface area (Å²) in [6.07, 6.45) is 4.90. The Morgan fingerprint density at radius 2 is 1.89 bits per heavy atom. The zero-order valence-electron chi connectivity index (χ0n) is 11.4. The summed E-state index contributed by atoms with van der Waals surface area (Å²) in [5.41, 5.74) is 5.29. The van der Waals surface area contributed by atoms with Crippen molar-refractivity contribution in [3.05, 3.63) is 0 Å². The van der Waals surface area contributed by atoms with Gasteiger partial charge in [-0.05, 0) is 25.7 Å². The molecule has 0 aromatic carbocycles. The number of aliphatic hydroxyl groups excluding tert-OH is 1. The van der Waals surface area contributed by atoms with E-state index in [4.69, 9.17) is 5.73 Å². The van der Waals surface area contributed by atoms with Gasteiger partial charge in [-0.3, -0.25) is 4.79 Å². The van der Waals surface area contributed by atoms with E-state index in [0.29, 0.717) is 6.54 Å². The average molecular weight is 279 g/mol. The molecule has 1 fully saturated rings. The largest absolute Gasteiger partial charge is 0.391 e. The van der Waals surface area contributed by atoms with Crippen LogP contribution >= 0.6 is 12.4 Å². The number of carbonyl (C=O) groups is 1. The fourth-order valence-electron chi connectivity index (χ4n) is 2.55. The first kappa shape index (κ1) is 17.7. The van der Waals surface area contributed by atoms with Crippen LogP contribution in [0.4, 0.5) is 0 Å². The summed E-state index contributed by atoms with van der Waals surface area (Å²) < 4.78 is 0. The molecule has 5 heteroatoms. The lowest BCUT2D eigenvalue weighted by Crippen LogP contribution is -2.52. The molecule has 0 radical (unpaired) electrons. The molecule has 1 amide bonds. The van der Waals surface area contributed by atoms with Gasteiger partial charge in [-0.1, -0.05) is 26.7 Å². The fraction of sp³-hybridized carbons (Fsp3) is 0.923. The van der Waals surface area contributed by atoms with E-state index in [1.807, 2.05) is 13.8 Å². The van der Waals surface area contributed by atoms with Crippen LogP contribution in [0.5, 0.6) is 0 Å². The van der Waals surface area contributed by atoms with E-state index in [2.05, 4.69) is 5.32 Å². The quantitative estimate of drug-likeness (QED) is 0.715. The lowest BCUT2D eigenvalue weighted by Gasteiger charge is -2.34. The van der Waals surface area contributed by atoms with Gasteiger partial charge in [0.1, 0.15) is 0 Å². The molecule has 1 aliphatic carbocycles. The van der Waals surface area contributed by atoms with E-state index in [1.165, 1.54) is 0 Å². The Morgan fingerprint density at radius 3 is 2.33 bits per heavy atom. The Kier molecular flexibility index (Phi) is 7.83. The molecule has 4 N–H and O–H groups in total. The first-order valence-electron chi connectivity index (χ1n) is 6.78. The highest BCUT2D eigenvalue weighted by Crippen LogP contribution is 2.26. The molecule has 0 spiro atoms. The number of nitrogens with one attached hydrogen (secondary N) is 1. The van der Waals surface area contributed by atoms with Gasteiger partial charge >= 0.3 is 0 Å². The second kappa shape index (κ2) is 7.97. The van der Waals surface area contributed by atoms with Gasteiger partial charge in [0.15, 0.2) is 0 Å². The lowest BCUT2D eigenvalue weighted by molar-refractivity contribution is -0.133. The number of halogens is 1. The molecular formula is C13H27ClN2O2. The highest BCUT2D eigenvalue weighted by molar-refractivity contribution is 5.85. The number of hydrogen-bond donors (Lipinski definition) is 3. The van der Waals surface area contributed by atoms with Crippen LogP contribution < -0.4 is 11.1 Å². The average Bonchev–Trinajstić information content (AvgIpc) is 2.35. The highest BCUT2D eigenvalue weighted by Gasteiger charge is 2.36. The van der Waals surface area contributed by atoms with Gasteiger partial charge in [-0.2, -0.15) is 0 Å². The normalized spacial score (nSPS) is 24.2. The van der Waals surface area contributed by atoms with Gasteiger partial charge in [0.2, 0.25) is 5.91 Å². The van der Waals surface area contributed by atoms with Crippen LogP contribution in [0.3, 0.4) is 0 Å². The molecule has 0 bridgehead atoms. The van der Waals surface area contributed by atoms with Crippen molar-refractivity contribution in [3.63, 3.8) is 0 Å². The maximum absolute atomic E-state index is 12.3. The minimum atomic E-state index is -0.461. The monoisotopic (exact) mass is 278 g/mol. The molecule has 1 aliphatic rings. The Hall–Kier alpha value is -0.320. The van der Waals surface area contributed by atoms with Crippen molar-refractivity contribution in [1.82, 2.24) is 5.32 Å². The van der Waals surface area contributed by atoms with Crippen molar-refractivity contribution < 1.29 is 9.90 Å². The van der Waals surface area contributed by atoms with Gasteiger partial charge < -0.3 is 16.2 Å². The van der Waals surface area contributed by atoms with Gasteiger partial charge in [0.25, 0.3) is 0 Å². The van der Waals surface area contributed by atoms with Gasteiger partial charge in [0.05, 0.1) is 17.6 Å². The van der Waals surface area contributed by atoms with Crippen LogP contribution in [0.1, 0.15) is 52.4 Å². The fourth-order valence-corrected chi connectivity index (χ4v) is 2.55. The third-order valence-corrected chi connectivity index (χ3v) is 4.27. The summed E-state index contributed by atoms with van der Waals surface area (Å²) in [5.74, 6) is 0.0101. The summed E-state index contributed by atoms with van der Waals surface area (Å²) in [5, 5.41) is 12.8. The second-order valence-electron chi connectivity index (χ2n) is 5.12. The van der Waals surface area contributed by atoms with Crippen molar-refractivity contribution in [1.29, 1.82) is 0 Å². The van der Waals surface area contributed by atoms with Crippen LogP contribution in [-0.4, -0.2) is 29.7 Å². The SMILES string of the molecule is CCC(CC)(CN)C(=O)N[C@@H]1CCCC[C@H]1O.Cl. The predicted octanol–water partition coefficient (Wildman–Crippen LogP) is 1.59. The Bertz CT molecular complexity index is 249. The first-order valence-corrected chi connectivity index (χ1v) is 6.78. The Morgan fingerprint density at radius 1 is 1.33 bits per heavy atom. The Balaban J connectivity index is 0.00000289. The minimum absolute atomic E-state index is 0. The molecule has 0 aromatic heterocycles. The molecule has 18 heavy (non-hydrogen) atoms. The molecule has 0 saturated heterocycles. The molecule has 1 saturated carbocycles. The van der Waals surface area contributed by atoms with Crippen molar-refractivity contribution in [2.75, 3.05) is 6.54 Å². The molecule has 108 valence electrons. The van der Waals surface area contributed by atoms with Crippen molar-refractivity contribution in [2.45, 2.75) is 64.5 Å². The van der Waals surface area contributed by atoms with Gasteiger partial charge in [0, 0.05) is 6.54 Å². The number of amides is 1. The van der Waals surface area contributed by atoms with Crippen LogP contribution in [0.15, 0.2) is 0 Å². The molecule has 4 nitrogen and oxygen atoms in total. The maximum atomic E-state index is 12.3. The highest BCUT2D eigenvalue weighted by atomic mass is 35.5. The van der Waals surface area contributed by atoms with E-state index >= 15 is 0 Å². The second-order valence-corrected chi connectivity index (χ2v) is 5.12. The summed E-state index contributed by atoms with van der Waals surface area (Å²) in [7, 11) is 0. The standard InChI is InChI=1S/C13H26N2O2.ClH/c1-3-13(4-2,9-14)12(17)15-10-7-5-6-8-11(10)16;/h10-11,16H,3-9,14H2,1-2H3,(H,15,17);1H/t10-,11-;/m1./s1. The van der Waals surface area contributed by atoms with Gasteiger partial charge in [-0.25, -0.2) is 0 Å². The third kappa shape index (κ3) is 3.84. The number of nitrogens with two attached hydrogens (primary N) is 1. The molecule has 0 aliphatic heterocycles. The van der Waals surface area contributed by atoms with Crippen LogP contribution in [-0.2, 0) is 4.79 Å². The summed E-state index contributed by atoms with van der Waals surface area (Å²) >= 11 is 0. The molecular weight excluding hydrogens is 252 g/mol. The number of aliphatic hydroxyl groups is 1. The van der Waals surface area contributed by atoms with E-state index in [1.54, 1.807) is 0 Å². The minimum Gasteiger partial charge on any atom is -0.391 e. The molecule has 2 atom stereocenters. The van der Waals surface area contributed by atoms with E-state index in [9.17, 15) is 9.90 Å². The zero-order chi connectivity index (χ0) is 12.9. The van der Waals surface area contributed by atoms with E-state index in [-0.39, 0.29) is 24.4 Å². The van der Waals surface area contributed by atoms with Crippen LogP contribution in [0.25, 0.3) is 0 Å². The van der Waals surface area contributed by atoms with Crippen molar-refractivity contribution in [2.24, 2.45) is 11.1 Å². The van der Waals surface area contributed by atoms with Gasteiger partial charge in [-0.15, -0.1) is 12.4 Å². The van der Waals surface area contributed by atoms with E-state index in [0.717, 1.165) is 38.5 Å². The van der Waals surface area contributed by atoms with Crippen LogP contribution in [0.2, 0.25) is 0 Å². The number of hydrogen-bond acceptors (Lipinski definition) is 3. The molecule has 0 heterocycles. The van der Waals surface area contributed by atoms with Crippen molar-refractivity contribution in [3.8, 4) is 0 Å². The molecule has 0 unspecified atom stereocenters. The topological polar surface area (TPSA) is 75.4 Å². The molecule has 1 rings (SSSR count). The lowest BCUT2D eigenvalue weighted by atomic mass is 9.80.